The molecule has 0 saturated carbocycles. The molecule has 10 heteroatoms. The lowest BCUT2D eigenvalue weighted by Gasteiger charge is -2.39. The van der Waals surface area contributed by atoms with E-state index >= 15 is 0 Å². The average Bonchev–Trinajstić information content (AvgIpc) is 3.42. The van der Waals surface area contributed by atoms with Crippen molar-refractivity contribution in [2.75, 3.05) is 39.4 Å². The molecule has 5 rings (SSSR count). The fourth-order valence-corrected chi connectivity index (χ4v) is 4.82. The van der Waals surface area contributed by atoms with Crippen LogP contribution < -0.4 is 4.74 Å². The van der Waals surface area contributed by atoms with Crippen molar-refractivity contribution >= 4 is 0 Å². The van der Waals surface area contributed by atoms with E-state index in [1.165, 1.54) is 0 Å². The first-order chi connectivity index (χ1) is 16.9. The van der Waals surface area contributed by atoms with Crippen molar-refractivity contribution in [1.29, 1.82) is 0 Å². The Kier molecular flexibility index (Phi) is 6.33. The molecular formula is C25H34N8O2. The Hall–Kier alpha value is -3.24. The van der Waals surface area contributed by atoms with Crippen LogP contribution in [0.5, 0.6) is 5.75 Å². The van der Waals surface area contributed by atoms with Crippen molar-refractivity contribution < 1.29 is 9.84 Å². The fourth-order valence-electron chi connectivity index (χ4n) is 4.82. The van der Waals surface area contributed by atoms with Gasteiger partial charge in [0.1, 0.15) is 29.7 Å². The summed E-state index contributed by atoms with van der Waals surface area (Å²) < 4.78 is 10.1. The van der Waals surface area contributed by atoms with Gasteiger partial charge in [0.25, 0.3) is 0 Å². The van der Waals surface area contributed by atoms with Crippen molar-refractivity contribution in [3.05, 3.63) is 42.3 Å². The monoisotopic (exact) mass is 478 g/mol. The number of piperazine rings is 1. The maximum atomic E-state index is 9.38. The van der Waals surface area contributed by atoms with Crippen LogP contribution in [0.4, 0.5) is 0 Å². The summed E-state index contributed by atoms with van der Waals surface area (Å²) in [5.74, 6) is 3.14. The number of imidazole rings is 1. The number of aromatic nitrogens is 6. The highest BCUT2D eigenvalue weighted by Crippen LogP contribution is 2.35. The molecular weight excluding hydrogens is 444 g/mol. The second-order valence-electron chi connectivity index (χ2n) is 9.54. The van der Waals surface area contributed by atoms with Crippen molar-refractivity contribution in [3.8, 4) is 28.7 Å². The van der Waals surface area contributed by atoms with Crippen LogP contribution >= 0.6 is 0 Å². The molecule has 2 aliphatic rings. The summed E-state index contributed by atoms with van der Waals surface area (Å²) in [6.07, 6.45) is 3.88. The van der Waals surface area contributed by atoms with Crippen LogP contribution in [0, 0.1) is 6.92 Å². The van der Waals surface area contributed by atoms with E-state index in [1.807, 2.05) is 24.0 Å². The number of nitrogens with zero attached hydrogens (tertiary/aromatic N) is 8. The number of aliphatic hydroxyl groups excluding tert-OH is 1. The van der Waals surface area contributed by atoms with Gasteiger partial charge in [0.2, 0.25) is 0 Å². The van der Waals surface area contributed by atoms with Crippen LogP contribution in [-0.2, 0) is 6.54 Å². The van der Waals surface area contributed by atoms with E-state index < -0.39 is 0 Å². The predicted octanol–water partition coefficient (Wildman–Crippen LogP) is 2.67. The number of pyridine rings is 1. The number of hydrogen-bond donors (Lipinski definition) is 1. The molecule has 1 atom stereocenters. The minimum absolute atomic E-state index is 0.00358. The molecule has 3 aromatic rings. The average molecular weight is 479 g/mol. The number of aliphatic hydroxyl groups is 1. The van der Waals surface area contributed by atoms with E-state index in [1.54, 1.807) is 0 Å². The molecule has 1 N–H and O–H groups in total. The van der Waals surface area contributed by atoms with Crippen LogP contribution in [0.15, 0.2) is 30.7 Å². The van der Waals surface area contributed by atoms with E-state index in [0.29, 0.717) is 13.2 Å². The van der Waals surface area contributed by atoms with Gasteiger partial charge < -0.3 is 19.3 Å². The minimum atomic E-state index is 0.00358. The molecule has 0 aliphatic carbocycles. The van der Waals surface area contributed by atoms with E-state index in [-0.39, 0.29) is 18.7 Å². The Morgan fingerprint density at radius 2 is 1.89 bits per heavy atom. The second-order valence-corrected chi connectivity index (χ2v) is 9.54. The topological polar surface area (TPSA) is 97.4 Å². The molecule has 3 aromatic heterocycles. The maximum Gasteiger partial charge on any atom is 0.178 e. The fraction of sp³-hybridized carbons (Fsp3) is 0.520. The summed E-state index contributed by atoms with van der Waals surface area (Å²) in [6, 6.07) is 2.45. The van der Waals surface area contributed by atoms with Gasteiger partial charge in [0.05, 0.1) is 30.6 Å². The molecule has 186 valence electrons. The van der Waals surface area contributed by atoms with Gasteiger partial charge in [-0.2, -0.15) is 5.10 Å². The number of aryl methyl sites for hydroxylation is 1. The summed E-state index contributed by atoms with van der Waals surface area (Å²) in [7, 11) is 0. The molecule has 2 aliphatic heterocycles. The Bertz CT molecular complexity index is 1220. The van der Waals surface area contributed by atoms with Crippen LogP contribution in [-0.4, -0.2) is 83.6 Å². The molecule has 0 aromatic carbocycles. The minimum Gasteiger partial charge on any atom is -0.489 e. The summed E-state index contributed by atoms with van der Waals surface area (Å²) >= 11 is 0. The third-order valence-electron chi connectivity index (χ3n) is 6.87. The zero-order valence-corrected chi connectivity index (χ0v) is 21.0. The third kappa shape index (κ3) is 4.43. The van der Waals surface area contributed by atoms with E-state index in [2.05, 4.69) is 57.9 Å². The molecule has 35 heavy (non-hydrogen) atoms. The highest BCUT2D eigenvalue weighted by atomic mass is 16.5. The number of fused-ring (bicyclic) bond motifs is 3. The summed E-state index contributed by atoms with van der Waals surface area (Å²) in [6.45, 7) is 17.0. The van der Waals surface area contributed by atoms with Crippen molar-refractivity contribution in [1.82, 2.24) is 39.1 Å². The van der Waals surface area contributed by atoms with Crippen molar-refractivity contribution in [3.63, 3.8) is 0 Å². The van der Waals surface area contributed by atoms with Crippen LogP contribution in [0.2, 0.25) is 0 Å². The van der Waals surface area contributed by atoms with Crippen molar-refractivity contribution in [2.24, 2.45) is 0 Å². The lowest BCUT2D eigenvalue weighted by Crippen LogP contribution is -2.47. The first kappa shape index (κ1) is 23.5. The lowest BCUT2D eigenvalue weighted by molar-refractivity contribution is 0.112. The zero-order valence-electron chi connectivity index (χ0n) is 21.0. The number of hydrogen-bond acceptors (Lipinski definition) is 8. The largest absolute Gasteiger partial charge is 0.489 e. The molecule has 0 spiro atoms. The van der Waals surface area contributed by atoms with Gasteiger partial charge in [-0.25, -0.2) is 14.6 Å². The van der Waals surface area contributed by atoms with Crippen molar-refractivity contribution in [2.45, 2.75) is 46.3 Å². The van der Waals surface area contributed by atoms with Gasteiger partial charge in [0.15, 0.2) is 5.82 Å². The molecule has 0 bridgehead atoms. The molecule has 0 amide bonds. The van der Waals surface area contributed by atoms with Gasteiger partial charge in [-0.15, -0.1) is 0 Å². The zero-order chi connectivity index (χ0) is 24.7. The molecule has 5 heterocycles. The predicted molar refractivity (Wildman–Crippen MR) is 133 cm³/mol. The Morgan fingerprint density at radius 3 is 2.60 bits per heavy atom. The van der Waals surface area contributed by atoms with Gasteiger partial charge in [0, 0.05) is 50.2 Å². The highest BCUT2D eigenvalue weighted by Gasteiger charge is 2.27. The second kappa shape index (κ2) is 9.43. The first-order valence-electron chi connectivity index (χ1n) is 12.3. The number of rotatable bonds is 6. The summed E-state index contributed by atoms with van der Waals surface area (Å²) in [4.78, 5) is 19.0. The summed E-state index contributed by atoms with van der Waals surface area (Å²) in [5.41, 5.74) is 3.53. The molecule has 1 fully saturated rings. The molecule has 0 unspecified atom stereocenters. The van der Waals surface area contributed by atoms with E-state index in [9.17, 15) is 5.11 Å². The van der Waals surface area contributed by atoms with Crippen LogP contribution in [0.1, 0.15) is 44.4 Å². The smallest absolute Gasteiger partial charge is 0.178 e. The highest BCUT2D eigenvalue weighted by molar-refractivity contribution is 5.68. The van der Waals surface area contributed by atoms with Crippen LogP contribution in [0.25, 0.3) is 22.9 Å². The molecule has 0 radical (unpaired) electrons. The van der Waals surface area contributed by atoms with E-state index in [4.69, 9.17) is 14.7 Å². The van der Waals surface area contributed by atoms with E-state index in [0.717, 1.165) is 72.1 Å². The van der Waals surface area contributed by atoms with Gasteiger partial charge in [-0.1, -0.05) is 6.58 Å². The lowest BCUT2D eigenvalue weighted by atomic mass is 10.1. The summed E-state index contributed by atoms with van der Waals surface area (Å²) in [5, 5.41) is 13.9. The number of ether oxygens (including phenoxy) is 1. The van der Waals surface area contributed by atoms with Gasteiger partial charge in [-0.3, -0.25) is 9.88 Å². The molecule has 10 nitrogen and oxygen atoms in total. The maximum absolute atomic E-state index is 9.38. The normalized spacial score (nSPS) is 17.0. The standard InChI is InChI=1S/C25H34N8O2/c1-16(2)33-25(27-19(5)29-33)22-14-32-10-11-35-23-13-26-21(12-20(23)24(32)28-22)18(4)31-8-6-30(7-9-31)17(3)15-34/h12-14,16,18,34H,3,6-11,15H2,1-2,4-5H3/t18-/m0/s1. The Balaban J connectivity index is 1.45. The Morgan fingerprint density at radius 1 is 1.11 bits per heavy atom. The first-order valence-corrected chi connectivity index (χ1v) is 12.3. The third-order valence-corrected chi connectivity index (χ3v) is 6.87. The van der Waals surface area contributed by atoms with Crippen LogP contribution in [0.3, 0.4) is 0 Å². The SMILES string of the molecule is C=C(CO)N1CCN([C@@H](C)c2cc3c(cn2)OCCn2cc(-c4nc(C)nn4C(C)C)nc2-3)CC1. The Labute approximate surface area is 205 Å². The molecule has 1 saturated heterocycles. The quantitative estimate of drug-likeness (QED) is 0.578. The van der Waals surface area contributed by atoms with Gasteiger partial charge >= 0.3 is 0 Å². The van der Waals surface area contributed by atoms with Gasteiger partial charge in [-0.05, 0) is 33.8 Å².